The van der Waals surface area contributed by atoms with E-state index in [9.17, 15) is 14.7 Å². The van der Waals surface area contributed by atoms with Crippen molar-refractivity contribution in [3.05, 3.63) is 0 Å². The molecule has 1 radical (unpaired) electrons. The first-order valence-corrected chi connectivity index (χ1v) is 2.27. The predicted molar refractivity (Wildman–Crippen MR) is 26.4 cm³/mol. The van der Waals surface area contributed by atoms with Crippen LogP contribution in [0.25, 0.3) is 0 Å². The number of hydrogen-bond donors (Lipinski definition) is 0. The monoisotopic (exact) mass is 198 g/mol. The number of hydrogen-bond acceptors (Lipinski definition) is 5. The van der Waals surface area contributed by atoms with E-state index in [0.717, 1.165) is 13.8 Å². The van der Waals surface area contributed by atoms with E-state index in [-0.39, 0.29) is 17.4 Å². The van der Waals surface area contributed by atoms with Gasteiger partial charge in [-0.3, -0.25) is 4.79 Å². The number of carbonyl (C=O) groups is 3. The van der Waals surface area contributed by atoms with Crippen molar-refractivity contribution in [2.45, 2.75) is 13.8 Å². The summed E-state index contributed by atoms with van der Waals surface area (Å²) in [7, 11) is 0. The van der Waals surface area contributed by atoms with E-state index < -0.39 is 17.7 Å². The maximum absolute atomic E-state index is 9.48. The number of ketones is 1. The molecular formula is C5H6CrO5+. The molecule has 0 fully saturated rings. The largest absolute Gasteiger partial charge is 3.00 e. The Morgan fingerprint density at radius 2 is 1.09 bits per heavy atom. The maximum atomic E-state index is 9.48. The zero-order valence-corrected chi connectivity index (χ0v) is 7.22. The average Bonchev–Trinajstić information content (AvgIpc) is 1.63. The molecule has 0 aromatic rings. The molecule has 0 aromatic heterocycles. The Hall–Kier alpha value is -0.858. The number of rotatable bonds is 1. The Balaban J connectivity index is -0.000000114. The standard InChI is InChI=1S/C3H4O3.C2H4O2.Cr/c1-2(4)3(5)6;1-2(3)4;/h1H3,(H,5,6);1H3,(H,3,4);/q;;+3/p-2. The van der Waals surface area contributed by atoms with Gasteiger partial charge in [0.2, 0.25) is 0 Å². The summed E-state index contributed by atoms with van der Waals surface area (Å²) in [6.07, 6.45) is 0. The second kappa shape index (κ2) is 9.14. The molecule has 0 aliphatic rings. The molecule has 0 N–H and O–H groups in total. The summed E-state index contributed by atoms with van der Waals surface area (Å²) >= 11 is 0. The average molecular weight is 198 g/mol. The van der Waals surface area contributed by atoms with Gasteiger partial charge in [-0.25, -0.2) is 0 Å². The molecule has 0 saturated carbocycles. The topological polar surface area (TPSA) is 97.3 Å². The summed E-state index contributed by atoms with van der Waals surface area (Å²) in [6, 6.07) is 0. The summed E-state index contributed by atoms with van der Waals surface area (Å²) in [6.45, 7) is 1.91. The van der Waals surface area contributed by atoms with E-state index in [1.807, 2.05) is 0 Å². The van der Waals surface area contributed by atoms with Crippen molar-refractivity contribution >= 4 is 17.7 Å². The van der Waals surface area contributed by atoms with Crippen LogP contribution in [0, 0.1) is 0 Å². The van der Waals surface area contributed by atoms with Gasteiger partial charge < -0.3 is 19.8 Å². The third-order valence-corrected chi connectivity index (χ3v) is 0.287. The second-order valence-corrected chi connectivity index (χ2v) is 1.34. The molecule has 0 unspecified atom stereocenters. The van der Waals surface area contributed by atoms with Crippen molar-refractivity contribution in [1.82, 2.24) is 0 Å². The minimum absolute atomic E-state index is 0. The van der Waals surface area contributed by atoms with Gasteiger partial charge in [0.1, 0.15) is 5.97 Å². The van der Waals surface area contributed by atoms with E-state index >= 15 is 0 Å². The molecule has 0 aromatic carbocycles. The van der Waals surface area contributed by atoms with Crippen molar-refractivity contribution in [1.29, 1.82) is 0 Å². The number of aliphatic carboxylic acids is 2. The summed E-state index contributed by atoms with van der Waals surface area (Å²) in [5, 5.41) is 18.1. The Bertz CT molecular complexity index is 137. The van der Waals surface area contributed by atoms with Gasteiger partial charge in [0.05, 0.1) is 0 Å². The van der Waals surface area contributed by atoms with Gasteiger partial charge in [0.15, 0.2) is 5.78 Å². The van der Waals surface area contributed by atoms with E-state index in [0.29, 0.717) is 0 Å². The fourth-order valence-electron chi connectivity index (χ4n) is 0. The van der Waals surface area contributed by atoms with Crippen molar-refractivity contribution < 1.29 is 42.0 Å². The van der Waals surface area contributed by atoms with E-state index in [4.69, 9.17) is 9.90 Å². The molecule has 0 bridgehead atoms. The van der Waals surface area contributed by atoms with Gasteiger partial charge in [-0.15, -0.1) is 0 Å². The van der Waals surface area contributed by atoms with Gasteiger partial charge >= 0.3 is 17.4 Å². The zero-order chi connectivity index (χ0) is 8.73. The van der Waals surface area contributed by atoms with Crippen LogP contribution in [-0.2, 0) is 31.7 Å². The SMILES string of the molecule is CC(=O)C(=O)[O-].CC(=O)[O-].[Cr+3]. The molecule has 61 valence electrons. The maximum Gasteiger partial charge on any atom is 3.00 e. The number of carbonyl (C=O) groups excluding carboxylic acids is 3. The Kier molecular flexibility index (Phi) is 13.8. The van der Waals surface area contributed by atoms with Crippen LogP contribution in [0.4, 0.5) is 0 Å². The van der Waals surface area contributed by atoms with Crippen molar-refractivity contribution in [3.63, 3.8) is 0 Å². The van der Waals surface area contributed by atoms with Gasteiger partial charge in [-0.2, -0.15) is 0 Å². The summed E-state index contributed by atoms with van der Waals surface area (Å²) in [5.74, 6) is -3.65. The minimum Gasteiger partial charge on any atom is -0.550 e. The smallest absolute Gasteiger partial charge is 0.550 e. The van der Waals surface area contributed by atoms with E-state index in [2.05, 4.69) is 0 Å². The quantitative estimate of drug-likeness (QED) is 0.420. The predicted octanol–water partition coefficient (Wildman–Crippen LogP) is -2.92. The molecule has 0 rings (SSSR count). The van der Waals surface area contributed by atoms with Crippen LogP contribution in [-0.4, -0.2) is 17.7 Å². The molecule has 0 aliphatic carbocycles. The minimum atomic E-state index is -1.63. The van der Waals surface area contributed by atoms with Gasteiger partial charge in [-0.1, -0.05) is 0 Å². The number of carboxylic acid groups (broad SMARTS) is 2. The van der Waals surface area contributed by atoms with Crippen LogP contribution >= 0.6 is 0 Å². The molecule has 6 heteroatoms. The molecular weight excluding hydrogens is 192 g/mol. The summed E-state index contributed by atoms with van der Waals surface area (Å²) < 4.78 is 0. The van der Waals surface area contributed by atoms with Crippen LogP contribution in [0.1, 0.15) is 13.8 Å². The molecule has 0 spiro atoms. The molecule has 0 atom stereocenters. The molecule has 0 heterocycles. The second-order valence-electron chi connectivity index (χ2n) is 1.34. The Labute approximate surface area is 74.2 Å². The summed E-state index contributed by atoms with van der Waals surface area (Å²) in [5.41, 5.74) is 0. The van der Waals surface area contributed by atoms with Crippen LogP contribution in [0.2, 0.25) is 0 Å². The van der Waals surface area contributed by atoms with E-state index in [1.54, 1.807) is 0 Å². The van der Waals surface area contributed by atoms with Crippen molar-refractivity contribution in [2.24, 2.45) is 0 Å². The third kappa shape index (κ3) is 47.2. The van der Waals surface area contributed by atoms with Crippen molar-refractivity contribution in [2.75, 3.05) is 0 Å². The van der Waals surface area contributed by atoms with Crippen LogP contribution in [0.15, 0.2) is 0 Å². The first-order chi connectivity index (χ1) is 4.37. The number of carboxylic acids is 2. The molecule has 0 amide bonds. The first-order valence-electron chi connectivity index (χ1n) is 2.27. The van der Waals surface area contributed by atoms with Crippen LogP contribution in [0.5, 0.6) is 0 Å². The van der Waals surface area contributed by atoms with Crippen LogP contribution < -0.4 is 10.2 Å². The molecule has 0 saturated heterocycles. The molecule has 11 heavy (non-hydrogen) atoms. The fourth-order valence-corrected chi connectivity index (χ4v) is 0. The Morgan fingerprint density at radius 1 is 1.00 bits per heavy atom. The third-order valence-electron chi connectivity index (χ3n) is 0.287. The van der Waals surface area contributed by atoms with E-state index in [1.165, 1.54) is 0 Å². The van der Waals surface area contributed by atoms with Crippen LogP contribution in [0.3, 0.4) is 0 Å². The molecule has 5 nitrogen and oxygen atoms in total. The van der Waals surface area contributed by atoms with Gasteiger partial charge in [0, 0.05) is 12.9 Å². The van der Waals surface area contributed by atoms with Crippen molar-refractivity contribution in [3.8, 4) is 0 Å². The first kappa shape index (κ1) is 16.6. The van der Waals surface area contributed by atoms with Gasteiger partial charge in [-0.05, 0) is 6.92 Å². The van der Waals surface area contributed by atoms with Gasteiger partial charge in [0.25, 0.3) is 0 Å². The summed E-state index contributed by atoms with van der Waals surface area (Å²) in [4.78, 5) is 27.6. The fraction of sp³-hybridized carbons (Fsp3) is 0.400. The normalized spacial score (nSPS) is 6.36. The zero-order valence-electron chi connectivity index (χ0n) is 5.95. The Morgan fingerprint density at radius 3 is 1.09 bits per heavy atom. The molecule has 0 aliphatic heterocycles. The number of Topliss-reactive ketones (excluding diaryl/α,β-unsaturated/α-hetero) is 1.